The molecule has 0 saturated heterocycles. The van der Waals surface area contributed by atoms with Gasteiger partial charge in [-0.3, -0.25) is 0 Å². The zero-order valence-electron chi connectivity index (χ0n) is 9.85. The van der Waals surface area contributed by atoms with E-state index in [1.807, 2.05) is 6.07 Å². The summed E-state index contributed by atoms with van der Waals surface area (Å²) < 4.78 is 0. The Morgan fingerprint density at radius 2 is 1.82 bits per heavy atom. The van der Waals surface area contributed by atoms with Crippen molar-refractivity contribution in [3.05, 3.63) is 53.6 Å². The molecule has 1 heterocycles. The summed E-state index contributed by atoms with van der Waals surface area (Å²) in [5, 5.41) is 9.81. The fourth-order valence-corrected chi connectivity index (χ4v) is 2.41. The number of hydrogen-bond donors (Lipinski definition) is 1. The van der Waals surface area contributed by atoms with Gasteiger partial charge in [0.1, 0.15) is 5.75 Å². The summed E-state index contributed by atoms with van der Waals surface area (Å²) in [6, 6.07) is 14.2. The van der Waals surface area contributed by atoms with Crippen LogP contribution in [-0.4, -0.2) is 11.7 Å². The van der Waals surface area contributed by atoms with E-state index in [1.54, 1.807) is 6.07 Å². The Balaban J connectivity index is 2.04. The van der Waals surface area contributed by atoms with Gasteiger partial charge in [-0.15, -0.1) is 0 Å². The molecule has 1 N–H and O–H groups in total. The molecular formula is C15H15NO. The molecule has 0 unspecified atom stereocenters. The summed E-state index contributed by atoms with van der Waals surface area (Å²) >= 11 is 0. The second kappa shape index (κ2) is 3.81. The Hall–Kier alpha value is -1.96. The Morgan fingerprint density at radius 1 is 1.06 bits per heavy atom. The van der Waals surface area contributed by atoms with Crippen LogP contribution in [0.25, 0.3) is 0 Å². The fourth-order valence-electron chi connectivity index (χ4n) is 2.41. The highest BCUT2D eigenvalue weighted by molar-refractivity contribution is 5.72. The van der Waals surface area contributed by atoms with Gasteiger partial charge in [-0.05, 0) is 37.6 Å². The van der Waals surface area contributed by atoms with Crippen LogP contribution in [0, 0.1) is 6.92 Å². The SMILES string of the molecule is Cc1ccc(N2CCc3c(O)cccc32)cc1. The van der Waals surface area contributed by atoms with E-state index in [0.29, 0.717) is 5.75 Å². The summed E-state index contributed by atoms with van der Waals surface area (Å²) in [7, 11) is 0. The van der Waals surface area contributed by atoms with E-state index in [9.17, 15) is 5.11 Å². The van der Waals surface area contributed by atoms with Crippen molar-refractivity contribution in [2.45, 2.75) is 13.3 Å². The first-order chi connectivity index (χ1) is 8.25. The standard InChI is InChI=1S/C15H15NO/c1-11-5-7-12(8-6-11)16-10-9-13-14(16)3-2-4-15(13)17/h2-8,17H,9-10H2,1H3. The molecule has 2 aromatic rings. The molecule has 0 saturated carbocycles. The van der Waals surface area contributed by atoms with Crippen LogP contribution in [0.5, 0.6) is 5.75 Å². The van der Waals surface area contributed by atoms with Crippen molar-refractivity contribution in [2.24, 2.45) is 0 Å². The second-order valence-corrected chi connectivity index (χ2v) is 4.51. The smallest absolute Gasteiger partial charge is 0.120 e. The third-order valence-corrected chi connectivity index (χ3v) is 3.35. The van der Waals surface area contributed by atoms with Crippen molar-refractivity contribution in [1.82, 2.24) is 0 Å². The van der Waals surface area contributed by atoms with E-state index in [4.69, 9.17) is 0 Å². The maximum atomic E-state index is 9.81. The lowest BCUT2D eigenvalue weighted by atomic mass is 10.1. The van der Waals surface area contributed by atoms with Crippen molar-refractivity contribution < 1.29 is 5.11 Å². The van der Waals surface area contributed by atoms with Crippen molar-refractivity contribution in [1.29, 1.82) is 0 Å². The van der Waals surface area contributed by atoms with Crippen LogP contribution in [0.2, 0.25) is 0 Å². The highest BCUT2D eigenvalue weighted by atomic mass is 16.3. The van der Waals surface area contributed by atoms with Gasteiger partial charge in [0.15, 0.2) is 0 Å². The van der Waals surface area contributed by atoms with Gasteiger partial charge in [0.2, 0.25) is 0 Å². The number of phenolic OH excluding ortho intramolecular Hbond substituents is 1. The van der Waals surface area contributed by atoms with Gasteiger partial charge in [-0.25, -0.2) is 0 Å². The van der Waals surface area contributed by atoms with Crippen LogP contribution >= 0.6 is 0 Å². The minimum Gasteiger partial charge on any atom is -0.508 e. The number of fused-ring (bicyclic) bond motifs is 1. The Bertz CT molecular complexity index is 545. The maximum absolute atomic E-state index is 9.81. The van der Waals surface area contributed by atoms with Crippen LogP contribution < -0.4 is 4.90 Å². The van der Waals surface area contributed by atoms with Crippen molar-refractivity contribution in [2.75, 3.05) is 11.4 Å². The van der Waals surface area contributed by atoms with E-state index < -0.39 is 0 Å². The second-order valence-electron chi connectivity index (χ2n) is 4.51. The van der Waals surface area contributed by atoms with E-state index in [0.717, 1.165) is 24.2 Å². The quantitative estimate of drug-likeness (QED) is 0.804. The third kappa shape index (κ3) is 1.66. The van der Waals surface area contributed by atoms with E-state index in [-0.39, 0.29) is 0 Å². The average molecular weight is 225 g/mol. The molecule has 2 heteroatoms. The molecule has 86 valence electrons. The van der Waals surface area contributed by atoms with Gasteiger partial charge in [0, 0.05) is 23.5 Å². The van der Waals surface area contributed by atoms with Crippen molar-refractivity contribution >= 4 is 11.4 Å². The highest BCUT2D eigenvalue weighted by Gasteiger charge is 2.22. The highest BCUT2D eigenvalue weighted by Crippen LogP contribution is 2.38. The number of aryl methyl sites for hydroxylation is 1. The predicted molar refractivity (Wildman–Crippen MR) is 70.0 cm³/mol. The van der Waals surface area contributed by atoms with E-state index in [1.165, 1.54) is 11.3 Å². The molecule has 0 aromatic heterocycles. The molecule has 3 rings (SSSR count). The largest absolute Gasteiger partial charge is 0.508 e. The lowest BCUT2D eigenvalue weighted by Gasteiger charge is -2.19. The van der Waals surface area contributed by atoms with Crippen LogP contribution in [-0.2, 0) is 6.42 Å². The third-order valence-electron chi connectivity index (χ3n) is 3.35. The molecular weight excluding hydrogens is 210 g/mol. The minimum atomic E-state index is 0.414. The Kier molecular flexibility index (Phi) is 2.29. The number of hydrogen-bond acceptors (Lipinski definition) is 2. The summed E-state index contributed by atoms with van der Waals surface area (Å²) in [6.07, 6.45) is 0.913. The lowest BCUT2D eigenvalue weighted by Crippen LogP contribution is -2.12. The zero-order chi connectivity index (χ0) is 11.8. The van der Waals surface area contributed by atoms with Crippen LogP contribution in [0.1, 0.15) is 11.1 Å². The number of aromatic hydroxyl groups is 1. The molecule has 2 nitrogen and oxygen atoms in total. The van der Waals surface area contributed by atoms with Crippen LogP contribution in [0.4, 0.5) is 11.4 Å². The molecule has 0 aliphatic carbocycles. The number of benzene rings is 2. The molecule has 0 bridgehead atoms. The van der Waals surface area contributed by atoms with Gasteiger partial charge in [0.25, 0.3) is 0 Å². The monoisotopic (exact) mass is 225 g/mol. The van der Waals surface area contributed by atoms with Gasteiger partial charge in [-0.2, -0.15) is 0 Å². The average Bonchev–Trinajstić information content (AvgIpc) is 2.75. The summed E-state index contributed by atoms with van der Waals surface area (Å²) in [5.74, 6) is 0.414. The normalized spacial score (nSPS) is 13.8. The first-order valence-corrected chi connectivity index (χ1v) is 5.91. The molecule has 2 aromatic carbocycles. The first kappa shape index (κ1) is 10.2. The van der Waals surface area contributed by atoms with E-state index in [2.05, 4.69) is 42.2 Å². The predicted octanol–water partition coefficient (Wildman–Crippen LogP) is 3.39. The lowest BCUT2D eigenvalue weighted by molar-refractivity contribution is 0.470. The number of anilines is 2. The molecule has 17 heavy (non-hydrogen) atoms. The molecule has 0 fully saturated rings. The fraction of sp³-hybridized carbons (Fsp3) is 0.200. The van der Waals surface area contributed by atoms with Gasteiger partial charge in [-0.1, -0.05) is 23.8 Å². The van der Waals surface area contributed by atoms with Crippen LogP contribution in [0.15, 0.2) is 42.5 Å². The maximum Gasteiger partial charge on any atom is 0.120 e. The number of phenols is 1. The van der Waals surface area contributed by atoms with Gasteiger partial charge >= 0.3 is 0 Å². The molecule has 0 spiro atoms. The van der Waals surface area contributed by atoms with Gasteiger partial charge in [0.05, 0.1) is 0 Å². The van der Waals surface area contributed by atoms with Crippen LogP contribution in [0.3, 0.4) is 0 Å². The molecule has 1 aliphatic heterocycles. The molecule has 0 radical (unpaired) electrons. The topological polar surface area (TPSA) is 23.5 Å². The number of rotatable bonds is 1. The molecule has 0 amide bonds. The number of nitrogens with zero attached hydrogens (tertiary/aromatic N) is 1. The Labute approximate surface area is 101 Å². The summed E-state index contributed by atoms with van der Waals surface area (Å²) in [5.41, 5.74) is 4.66. The minimum absolute atomic E-state index is 0.414. The molecule has 1 aliphatic rings. The first-order valence-electron chi connectivity index (χ1n) is 5.91. The van der Waals surface area contributed by atoms with Crippen molar-refractivity contribution in [3.63, 3.8) is 0 Å². The van der Waals surface area contributed by atoms with E-state index >= 15 is 0 Å². The summed E-state index contributed by atoms with van der Waals surface area (Å²) in [4.78, 5) is 2.26. The van der Waals surface area contributed by atoms with Gasteiger partial charge < -0.3 is 10.0 Å². The Morgan fingerprint density at radius 3 is 2.59 bits per heavy atom. The summed E-state index contributed by atoms with van der Waals surface area (Å²) in [6.45, 7) is 3.03. The molecule has 0 atom stereocenters. The zero-order valence-corrected chi connectivity index (χ0v) is 9.85. The van der Waals surface area contributed by atoms with Crippen molar-refractivity contribution in [3.8, 4) is 5.75 Å².